The average Bonchev–Trinajstić information content (AvgIpc) is 2.95. The lowest BCUT2D eigenvalue weighted by Gasteiger charge is -2.29. The highest BCUT2D eigenvalue weighted by Gasteiger charge is 2.19. The quantitative estimate of drug-likeness (QED) is 0.313. The van der Waals surface area contributed by atoms with Crippen LogP contribution in [0.3, 0.4) is 0 Å². The highest BCUT2D eigenvalue weighted by Crippen LogP contribution is 2.29. The van der Waals surface area contributed by atoms with E-state index < -0.39 is 5.91 Å². The molecule has 8 heteroatoms. The first-order valence-corrected chi connectivity index (χ1v) is 12.7. The number of carbonyl (C=O) groups is 2. The number of aryl methyl sites for hydroxylation is 2. The molecular formula is C30H34N4O4. The second kappa shape index (κ2) is 12.3. The predicted molar refractivity (Wildman–Crippen MR) is 151 cm³/mol. The van der Waals surface area contributed by atoms with Gasteiger partial charge in [0.2, 0.25) is 0 Å². The number of methoxy groups -OCH3 is 2. The second-order valence-corrected chi connectivity index (χ2v) is 9.34. The number of ether oxygens (including phenoxy) is 2. The summed E-state index contributed by atoms with van der Waals surface area (Å²) in [6.45, 7) is 5.95. The van der Waals surface area contributed by atoms with Crippen molar-refractivity contribution in [2.75, 3.05) is 37.5 Å². The summed E-state index contributed by atoms with van der Waals surface area (Å²) in [7, 11) is 3.05. The zero-order valence-electron chi connectivity index (χ0n) is 22.3. The maximum atomic E-state index is 13.3. The van der Waals surface area contributed by atoms with Gasteiger partial charge in [-0.3, -0.25) is 9.59 Å². The number of nitrogens with one attached hydrogen (secondary N) is 2. The van der Waals surface area contributed by atoms with Crippen molar-refractivity contribution in [1.29, 1.82) is 0 Å². The van der Waals surface area contributed by atoms with Crippen LogP contribution in [0.1, 0.15) is 56.7 Å². The third-order valence-corrected chi connectivity index (χ3v) is 6.77. The number of hydrogen-bond acceptors (Lipinski definition) is 6. The fourth-order valence-corrected chi connectivity index (χ4v) is 4.42. The predicted octanol–water partition coefficient (Wildman–Crippen LogP) is 5.33. The molecule has 1 heterocycles. The molecule has 1 saturated heterocycles. The van der Waals surface area contributed by atoms with Gasteiger partial charge in [0, 0.05) is 24.3 Å². The summed E-state index contributed by atoms with van der Waals surface area (Å²) in [4.78, 5) is 28.7. The van der Waals surface area contributed by atoms with Crippen LogP contribution in [-0.4, -0.2) is 45.3 Å². The molecule has 0 bridgehead atoms. The third kappa shape index (κ3) is 6.32. The van der Waals surface area contributed by atoms with E-state index in [1.807, 2.05) is 44.2 Å². The molecule has 198 valence electrons. The number of anilines is 2. The summed E-state index contributed by atoms with van der Waals surface area (Å²) in [6.07, 6.45) is 5.04. The first-order chi connectivity index (χ1) is 18.4. The number of hydrogen-bond donors (Lipinski definition) is 2. The summed E-state index contributed by atoms with van der Waals surface area (Å²) in [5, 5.41) is 7.05. The van der Waals surface area contributed by atoms with Gasteiger partial charge in [0.05, 0.1) is 31.7 Å². The molecule has 1 aliphatic heterocycles. The summed E-state index contributed by atoms with van der Waals surface area (Å²) >= 11 is 0. The zero-order chi connectivity index (χ0) is 27.1. The van der Waals surface area contributed by atoms with Gasteiger partial charge in [-0.2, -0.15) is 5.10 Å². The number of nitrogens with zero attached hydrogens (tertiary/aromatic N) is 2. The topological polar surface area (TPSA) is 92.3 Å². The minimum absolute atomic E-state index is 0.333. The van der Waals surface area contributed by atoms with E-state index >= 15 is 0 Å². The number of rotatable bonds is 8. The summed E-state index contributed by atoms with van der Waals surface area (Å²) in [5.74, 6) is 0.187. The van der Waals surface area contributed by atoms with Gasteiger partial charge in [-0.15, -0.1) is 0 Å². The fraction of sp³-hybridized carbons (Fsp3) is 0.300. The van der Waals surface area contributed by atoms with Crippen LogP contribution in [0.4, 0.5) is 11.4 Å². The molecule has 0 saturated carbocycles. The Morgan fingerprint density at radius 3 is 2.32 bits per heavy atom. The molecule has 0 unspecified atom stereocenters. The van der Waals surface area contributed by atoms with Crippen LogP contribution in [0.5, 0.6) is 11.5 Å². The van der Waals surface area contributed by atoms with Crippen LogP contribution in [0.15, 0.2) is 59.7 Å². The van der Waals surface area contributed by atoms with Crippen molar-refractivity contribution in [3.63, 3.8) is 0 Å². The highest BCUT2D eigenvalue weighted by molar-refractivity contribution is 6.09. The fourth-order valence-electron chi connectivity index (χ4n) is 4.42. The Labute approximate surface area is 223 Å². The van der Waals surface area contributed by atoms with Crippen LogP contribution in [0, 0.1) is 13.8 Å². The van der Waals surface area contributed by atoms with E-state index in [0.29, 0.717) is 28.3 Å². The third-order valence-electron chi connectivity index (χ3n) is 6.77. The lowest BCUT2D eigenvalue weighted by Crippen LogP contribution is -2.30. The number of benzene rings is 3. The van der Waals surface area contributed by atoms with Crippen LogP contribution in [-0.2, 0) is 0 Å². The maximum Gasteiger partial charge on any atom is 0.273 e. The highest BCUT2D eigenvalue weighted by atomic mass is 16.5. The van der Waals surface area contributed by atoms with Crippen LogP contribution >= 0.6 is 0 Å². The van der Waals surface area contributed by atoms with Crippen LogP contribution in [0.2, 0.25) is 0 Å². The van der Waals surface area contributed by atoms with Gasteiger partial charge in [-0.1, -0.05) is 18.2 Å². The maximum absolute atomic E-state index is 13.3. The van der Waals surface area contributed by atoms with Gasteiger partial charge in [0.25, 0.3) is 11.8 Å². The SMILES string of the molecule is COc1ccc(C(=O)Nc2ccc(N3CCCCC3)cc2C(=O)N/N=C/c2ccc(C)c(C)c2)cc1OC. The van der Waals surface area contributed by atoms with E-state index in [2.05, 4.69) is 20.7 Å². The van der Waals surface area contributed by atoms with Crippen molar-refractivity contribution in [2.45, 2.75) is 33.1 Å². The number of carbonyl (C=O) groups excluding carboxylic acids is 2. The Morgan fingerprint density at radius 1 is 0.842 bits per heavy atom. The summed E-state index contributed by atoms with van der Waals surface area (Å²) in [6, 6.07) is 16.4. The van der Waals surface area contributed by atoms with Gasteiger partial charge >= 0.3 is 0 Å². The Bertz CT molecular complexity index is 1350. The lowest BCUT2D eigenvalue weighted by atomic mass is 10.1. The average molecular weight is 515 g/mol. The number of amides is 2. The normalized spacial score (nSPS) is 13.3. The molecule has 8 nitrogen and oxygen atoms in total. The Kier molecular flexibility index (Phi) is 8.63. The molecule has 0 radical (unpaired) electrons. The van der Waals surface area contributed by atoms with Gasteiger partial charge in [0.15, 0.2) is 11.5 Å². The summed E-state index contributed by atoms with van der Waals surface area (Å²) in [5.41, 5.74) is 7.89. The summed E-state index contributed by atoms with van der Waals surface area (Å²) < 4.78 is 10.6. The molecule has 38 heavy (non-hydrogen) atoms. The molecule has 0 spiro atoms. The molecule has 3 aromatic carbocycles. The molecule has 0 aliphatic carbocycles. The minimum Gasteiger partial charge on any atom is -0.493 e. The van der Waals surface area contributed by atoms with Gasteiger partial charge in [-0.25, -0.2) is 5.43 Å². The molecule has 1 fully saturated rings. The largest absolute Gasteiger partial charge is 0.493 e. The standard InChI is InChI=1S/C30H34N4O4/c1-20-8-9-22(16-21(20)2)19-31-33-30(36)25-18-24(34-14-6-5-7-15-34)11-12-26(25)32-29(35)23-10-13-27(37-3)28(17-23)38-4/h8-13,16-19H,5-7,14-15H2,1-4H3,(H,32,35)(H,33,36)/b31-19+. The Morgan fingerprint density at radius 2 is 1.61 bits per heavy atom. The van der Waals surface area contributed by atoms with Crippen molar-refractivity contribution >= 4 is 29.4 Å². The zero-order valence-corrected chi connectivity index (χ0v) is 22.3. The van der Waals surface area contributed by atoms with Crippen molar-refractivity contribution in [1.82, 2.24) is 5.43 Å². The van der Waals surface area contributed by atoms with Crippen molar-refractivity contribution < 1.29 is 19.1 Å². The van der Waals surface area contributed by atoms with E-state index in [1.54, 1.807) is 30.5 Å². The van der Waals surface area contributed by atoms with Gasteiger partial charge in [-0.05, 0) is 86.2 Å². The van der Waals surface area contributed by atoms with Gasteiger partial charge in [0.1, 0.15) is 0 Å². The van der Waals surface area contributed by atoms with E-state index in [-0.39, 0.29) is 5.91 Å². The number of piperidine rings is 1. The molecule has 4 rings (SSSR count). The smallest absolute Gasteiger partial charge is 0.273 e. The monoisotopic (exact) mass is 514 g/mol. The minimum atomic E-state index is -0.411. The first kappa shape index (κ1) is 26.7. The molecule has 3 aromatic rings. The van der Waals surface area contributed by atoms with Crippen LogP contribution < -0.4 is 25.1 Å². The van der Waals surface area contributed by atoms with E-state index in [4.69, 9.17) is 9.47 Å². The molecule has 1 aliphatic rings. The van der Waals surface area contributed by atoms with E-state index in [1.165, 1.54) is 26.2 Å². The molecule has 2 amide bonds. The molecule has 2 N–H and O–H groups in total. The molecular weight excluding hydrogens is 480 g/mol. The van der Waals surface area contributed by atoms with Crippen molar-refractivity contribution in [3.05, 3.63) is 82.4 Å². The van der Waals surface area contributed by atoms with Crippen LogP contribution in [0.25, 0.3) is 0 Å². The molecule has 0 aromatic heterocycles. The van der Waals surface area contributed by atoms with E-state index in [0.717, 1.165) is 42.7 Å². The Hall–Kier alpha value is -4.33. The number of hydrazone groups is 1. The van der Waals surface area contributed by atoms with E-state index in [9.17, 15) is 9.59 Å². The van der Waals surface area contributed by atoms with Crippen molar-refractivity contribution in [3.8, 4) is 11.5 Å². The Balaban J connectivity index is 1.59. The first-order valence-electron chi connectivity index (χ1n) is 12.7. The second-order valence-electron chi connectivity index (χ2n) is 9.34. The lowest BCUT2D eigenvalue weighted by molar-refractivity contribution is 0.0956. The van der Waals surface area contributed by atoms with Gasteiger partial charge < -0.3 is 19.7 Å². The van der Waals surface area contributed by atoms with Crippen molar-refractivity contribution in [2.24, 2.45) is 5.10 Å². The molecule has 0 atom stereocenters.